The Labute approximate surface area is 130 Å². The Morgan fingerprint density at radius 1 is 1.48 bits per heavy atom. The van der Waals surface area contributed by atoms with Gasteiger partial charge in [0.25, 0.3) is 0 Å². The van der Waals surface area contributed by atoms with Crippen molar-refractivity contribution >= 4 is 38.5 Å². The highest BCUT2D eigenvalue weighted by atomic mass is 79.9. The third kappa shape index (κ3) is 3.01. The molecule has 1 aromatic carbocycles. The van der Waals surface area contributed by atoms with Gasteiger partial charge in [-0.15, -0.1) is 0 Å². The molecule has 0 saturated carbocycles. The van der Waals surface area contributed by atoms with Gasteiger partial charge in [-0.05, 0) is 31.0 Å². The van der Waals surface area contributed by atoms with Crippen molar-refractivity contribution in [2.45, 2.75) is 18.9 Å². The van der Waals surface area contributed by atoms with E-state index in [9.17, 15) is 9.90 Å². The average Bonchev–Trinajstić information content (AvgIpc) is 2.48. The number of aromatic nitrogens is 1. The zero-order valence-corrected chi connectivity index (χ0v) is 12.9. The first kappa shape index (κ1) is 14.3. The van der Waals surface area contributed by atoms with Crippen LogP contribution in [0.2, 0.25) is 0 Å². The number of hydrogen-bond donors (Lipinski definition) is 2. The second-order valence-corrected chi connectivity index (χ2v) is 5.99. The standard InChI is InChI=1S/C15H15BrN2O3/c16-9-3-4-13-11(6-9)14(12(7-17-13)15(19)20)18-10-2-1-5-21-8-10/h3-4,6-7,10H,1-2,5,8H2,(H,17,18)(H,19,20)/t10-/m1/s1. The molecule has 21 heavy (non-hydrogen) atoms. The molecular weight excluding hydrogens is 336 g/mol. The molecular formula is C15H15BrN2O3. The molecule has 0 spiro atoms. The molecule has 0 aliphatic carbocycles. The highest BCUT2D eigenvalue weighted by Crippen LogP contribution is 2.30. The van der Waals surface area contributed by atoms with Gasteiger partial charge in [0.2, 0.25) is 0 Å². The van der Waals surface area contributed by atoms with Gasteiger partial charge in [0.15, 0.2) is 0 Å². The molecule has 1 aliphatic rings. The minimum absolute atomic E-state index is 0.126. The van der Waals surface area contributed by atoms with E-state index in [1.165, 1.54) is 6.20 Å². The summed E-state index contributed by atoms with van der Waals surface area (Å²) in [7, 11) is 0. The number of halogens is 1. The van der Waals surface area contributed by atoms with Gasteiger partial charge in [0.1, 0.15) is 5.56 Å². The topological polar surface area (TPSA) is 71.5 Å². The molecule has 2 N–H and O–H groups in total. The van der Waals surface area contributed by atoms with Crippen LogP contribution in [-0.4, -0.2) is 35.3 Å². The molecule has 2 aromatic rings. The van der Waals surface area contributed by atoms with E-state index in [2.05, 4.69) is 26.2 Å². The van der Waals surface area contributed by atoms with Crippen molar-refractivity contribution in [2.24, 2.45) is 0 Å². The Balaban J connectivity index is 2.08. The summed E-state index contributed by atoms with van der Waals surface area (Å²) >= 11 is 3.43. The SMILES string of the molecule is O=C(O)c1cnc2ccc(Br)cc2c1N[C@@H]1CCCOC1. The maximum Gasteiger partial charge on any atom is 0.339 e. The van der Waals surface area contributed by atoms with Crippen LogP contribution < -0.4 is 5.32 Å². The summed E-state index contributed by atoms with van der Waals surface area (Å²) in [5.74, 6) is -0.983. The summed E-state index contributed by atoms with van der Waals surface area (Å²) in [5, 5.41) is 13.5. The largest absolute Gasteiger partial charge is 0.478 e. The smallest absolute Gasteiger partial charge is 0.339 e. The molecule has 1 aromatic heterocycles. The van der Waals surface area contributed by atoms with Crippen LogP contribution in [0.15, 0.2) is 28.9 Å². The average molecular weight is 351 g/mol. The first-order valence-electron chi connectivity index (χ1n) is 6.81. The van der Waals surface area contributed by atoms with Gasteiger partial charge in [-0.2, -0.15) is 0 Å². The van der Waals surface area contributed by atoms with Crippen molar-refractivity contribution in [3.8, 4) is 0 Å². The number of carboxylic acids is 1. The van der Waals surface area contributed by atoms with Crippen molar-refractivity contribution in [3.05, 3.63) is 34.4 Å². The Morgan fingerprint density at radius 2 is 2.33 bits per heavy atom. The molecule has 3 rings (SSSR count). The molecule has 0 unspecified atom stereocenters. The maximum atomic E-state index is 11.5. The third-order valence-corrected chi connectivity index (χ3v) is 4.06. The quantitative estimate of drug-likeness (QED) is 0.888. The van der Waals surface area contributed by atoms with Crippen LogP contribution in [0.4, 0.5) is 5.69 Å². The second kappa shape index (κ2) is 5.99. The number of anilines is 1. The summed E-state index contributed by atoms with van der Waals surface area (Å²) in [5.41, 5.74) is 1.57. The Kier molecular flexibility index (Phi) is 4.07. The molecule has 0 bridgehead atoms. The predicted octanol–water partition coefficient (Wildman–Crippen LogP) is 3.29. The number of carboxylic acid groups (broad SMARTS) is 1. The van der Waals surface area contributed by atoms with E-state index in [4.69, 9.17) is 4.74 Å². The van der Waals surface area contributed by atoms with Crippen LogP contribution in [0.3, 0.4) is 0 Å². The number of hydrogen-bond acceptors (Lipinski definition) is 4. The van der Waals surface area contributed by atoms with E-state index < -0.39 is 5.97 Å². The number of rotatable bonds is 3. The molecule has 110 valence electrons. The molecule has 1 fully saturated rings. The van der Waals surface area contributed by atoms with Gasteiger partial charge in [-0.1, -0.05) is 15.9 Å². The normalized spacial score (nSPS) is 18.6. The number of benzene rings is 1. The summed E-state index contributed by atoms with van der Waals surface area (Å²) in [6.07, 6.45) is 3.36. The number of pyridine rings is 1. The minimum Gasteiger partial charge on any atom is -0.478 e. The fraction of sp³-hybridized carbons (Fsp3) is 0.333. The van der Waals surface area contributed by atoms with Gasteiger partial charge < -0.3 is 15.2 Å². The van der Waals surface area contributed by atoms with E-state index in [1.807, 2.05) is 18.2 Å². The van der Waals surface area contributed by atoms with Gasteiger partial charge in [0.05, 0.1) is 17.8 Å². The van der Waals surface area contributed by atoms with Crippen LogP contribution >= 0.6 is 15.9 Å². The monoisotopic (exact) mass is 350 g/mol. The lowest BCUT2D eigenvalue weighted by Gasteiger charge is -2.25. The summed E-state index contributed by atoms with van der Waals surface area (Å²) in [4.78, 5) is 15.7. The fourth-order valence-electron chi connectivity index (χ4n) is 2.54. The first-order chi connectivity index (χ1) is 10.1. The lowest BCUT2D eigenvalue weighted by atomic mass is 10.1. The minimum atomic E-state index is -0.983. The lowest BCUT2D eigenvalue weighted by Crippen LogP contribution is -2.30. The van der Waals surface area contributed by atoms with Crippen LogP contribution in [0.25, 0.3) is 10.9 Å². The van der Waals surface area contributed by atoms with Crippen molar-refractivity contribution in [1.82, 2.24) is 4.98 Å². The van der Waals surface area contributed by atoms with E-state index in [0.717, 1.165) is 34.8 Å². The fourth-order valence-corrected chi connectivity index (χ4v) is 2.90. The van der Waals surface area contributed by atoms with Crippen LogP contribution in [0, 0.1) is 0 Å². The molecule has 5 nitrogen and oxygen atoms in total. The Hall–Kier alpha value is -1.66. The highest BCUT2D eigenvalue weighted by molar-refractivity contribution is 9.10. The Morgan fingerprint density at radius 3 is 3.05 bits per heavy atom. The first-order valence-corrected chi connectivity index (χ1v) is 7.60. The molecule has 1 saturated heterocycles. The lowest BCUT2D eigenvalue weighted by molar-refractivity contribution is 0.0696. The van der Waals surface area contributed by atoms with E-state index >= 15 is 0 Å². The van der Waals surface area contributed by atoms with Crippen LogP contribution in [0.5, 0.6) is 0 Å². The predicted molar refractivity (Wildman–Crippen MR) is 83.9 cm³/mol. The maximum absolute atomic E-state index is 11.5. The molecule has 0 radical (unpaired) electrons. The van der Waals surface area contributed by atoms with E-state index in [1.54, 1.807) is 0 Å². The molecule has 6 heteroatoms. The summed E-state index contributed by atoms with van der Waals surface area (Å²) in [6.45, 7) is 1.36. The summed E-state index contributed by atoms with van der Waals surface area (Å²) < 4.78 is 6.35. The van der Waals surface area contributed by atoms with E-state index in [0.29, 0.717) is 12.3 Å². The van der Waals surface area contributed by atoms with Crippen LogP contribution in [0.1, 0.15) is 23.2 Å². The van der Waals surface area contributed by atoms with Crippen molar-refractivity contribution in [2.75, 3.05) is 18.5 Å². The number of ether oxygens (including phenoxy) is 1. The zero-order valence-electron chi connectivity index (χ0n) is 11.3. The van der Waals surface area contributed by atoms with Crippen molar-refractivity contribution in [1.29, 1.82) is 0 Å². The van der Waals surface area contributed by atoms with Crippen molar-refractivity contribution in [3.63, 3.8) is 0 Å². The molecule has 1 atom stereocenters. The van der Waals surface area contributed by atoms with Gasteiger partial charge in [0, 0.05) is 28.7 Å². The van der Waals surface area contributed by atoms with E-state index in [-0.39, 0.29) is 11.6 Å². The molecule has 0 amide bonds. The number of fused-ring (bicyclic) bond motifs is 1. The second-order valence-electron chi connectivity index (χ2n) is 5.07. The van der Waals surface area contributed by atoms with Crippen molar-refractivity contribution < 1.29 is 14.6 Å². The summed E-state index contributed by atoms with van der Waals surface area (Å²) in [6, 6.07) is 5.78. The van der Waals surface area contributed by atoms with Gasteiger partial charge >= 0.3 is 5.97 Å². The number of nitrogens with one attached hydrogen (secondary N) is 1. The van der Waals surface area contributed by atoms with Gasteiger partial charge in [-0.3, -0.25) is 4.98 Å². The Bertz CT molecular complexity index is 684. The number of nitrogens with zero attached hydrogens (tertiary/aromatic N) is 1. The van der Waals surface area contributed by atoms with Gasteiger partial charge in [-0.25, -0.2) is 4.79 Å². The molecule has 2 heterocycles. The zero-order chi connectivity index (χ0) is 14.8. The van der Waals surface area contributed by atoms with Crippen LogP contribution in [-0.2, 0) is 4.74 Å². The highest BCUT2D eigenvalue weighted by Gasteiger charge is 2.20. The third-order valence-electron chi connectivity index (χ3n) is 3.57. The molecule has 1 aliphatic heterocycles. The number of carbonyl (C=O) groups is 1. The number of aromatic carboxylic acids is 1.